The Hall–Kier alpha value is -0.760. The average molecular weight is 844 g/mol. The lowest BCUT2D eigenvalue weighted by atomic mass is 10.0. The van der Waals surface area contributed by atoms with Crippen molar-refractivity contribution < 1.29 is 32.8 Å². The molecule has 0 saturated carbocycles. The molecule has 0 saturated heterocycles. The van der Waals surface area contributed by atoms with Crippen LogP contribution in [0.3, 0.4) is 0 Å². The molecule has 2 unspecified atom stereocenters. The number of carbonyl (C=O) groups is 1. The zero-order valence-corrected chi connectivity index (χ0v) is 39.5. The van der Waals surface area contributed by atoms with E-state index in [-0.39, 0.29) is 32.3 Å². The molecule has 0 fully saturated rings. The van der Waals surface area contributed by atoms with Gasteiger partial charge in [0.25, 0.3) is 0 Å². The van der Waals surface area contributed by atoms with E-state index in [1.165, 1.54) is 193 Å². The monoisotopic (exact) mass is 844 g/mol. The van der Waals surface area contributed by atoms with Crippen molar-refractivity contribution in [2.75, 3.05) is 33.0 Å². The highest BCUT2D eigenvalue weighted by atomic mass is 31.2. The van der Waals surface area contributed by atoms with Crippen LogP contribution in [0.15, 0.2) is 12.2 Å². The molecule has 0 aromatic heterocycles. The maximum Gasteiger partial charge on any atom is 0.472 e. The predicted molar refractivity (Wildman–Crippen MR) is 247 cm³/mol. The first-order chi connectivity index (χ1) is 28.4. The predicted octanol–water partition coefficient (Wildman–Crippen LogP) is 15.4. The normalized spacial score (nSPS) is 13.4. The van der Waals surface area contributed by atoms with Crippen LogP contribution < -0.4 is 5.73 Å². The van der Waals surface area contributed by atoms with Gasteiger partial charge in [-0.2, -0.15) is 0 Å². The first-order valence-corrected chi connectivity index (χ1v) is 26.7. The summed E-state index contributed by atoms with van der Waals surface area (Å²) in [5.41, 5.74) is 5.38. The Kier molecular flexibility index (Phi) is 46.7. The van der Waals surface area contributed by atoms with Crippen molar-refractivity contribution in [3.63, 3.8) is 0 Å². The zero-order valence-electron chi connectivity index (χ0n) is 38.6. The third-order valence-corrected chi connectivity index (χ3v) is 12.2. The van der Waals surface area contributed by atoms with Crippen LogP contribution in [0.2, 0.25) is 0 Å². The molecule has 0 aliphatic heterocycles. The van der Waals surface area contributed by atoms with E-state index in [2.05, 4.69) is 26.0 Å². The summed E-state index contributed by atoms with van der Waals surface area (Å²) in [6.07, 6.45) is 52.5. The van der Waals surface area contributed by atoms with Crippen molar-refractivity contribution in [2.24, 2.45) is 5.73 Å². The van der Waals surface area contributed by atoms with Crippen molar-refractivity contribution in [1.82, 2.24) is 0 Å². The van der Waals surface area contributed by atoms with Crippen molar-refractivity contribution in [3.05, 3.63) is 12.2 Å². The Labute approximate surface area is 360 Å². The molecule has 0 radical (unpaired) electrons. The molecule has 0 amide bonds. The number of ether oxygens (including phenoxy) is 2. The smallest absolute Gasteiger partial charge is 0.457 e. The molecule has 0 aliphatic rings. The summed E-state index contributed by atoms with van der Waals surface area (Å²) in [7, 11) is -4.28. The van der Waals surface area contributed by atoms with Crippen LogP contribution >= 0.6 is 7.82 Å². The molecule has 9 heteroatoms. The highest BCUT2D eigenvalue weighted by Crippen LogP contribution is 2.43. The number of phosphoric ester groups is 1. The number of carbonyl (C=O) groups excluding carboxylic acids is 1. The average Bonchev–Trinajstić information content (AvgIpc) is 3.21. The van der Waals surface area contributed by atoms with Crippen LogP contribution in [0.5, 0.6) is 0 Å². The van der Waals surface area contributed by atoms with Crippen molar-refractivity contribution in [2.45, 2.75) is 264 Å². The number of nitrogens with two attached hydrogens (primary N) is 1. The van der Waals surface area contributed by atoms with Crippen LogP contribution in [0.25, 0.3) is 0 Å². The van der Waals surface area contributed by atoms with Crippen LogP contribution in [0.4, 0.5) is 0 Å². The summed E-state index contributed by atoms with van der Waals surface area (Å²) in [5.74, 6) is -0.333. The van der Waals surface area contributed by atoms with Crippen LogP contribution in [-0.4, -0.2) is 49.9 Å². The molecule has 2 atom stereocenters. The lowest BCUT2D eigenvalue weighted by Gasteiger charge is -2.20. The zero-order chi connectivity index (χ0) is 42.3. The molecule has 346 valence electrons. The summed E-state index contributed by atoms with van der Waals surface area (Å²) < 4.78 is 33.5. The number of esters is 1. The Morgan fingerprint density at radius 2 is 0.862 bits per heavy atom. The lowest BCUT2D eigenvalue weighted by Crippen LogP contribution is -2.28. The molecule has 0 aliphatic carbocycles. The first-order valence-electron chi connectivity index (χ1n) is 25.2. The topological polar surface area (TPSA) is 117 Å². The Morgan fingerprint density at radius 1 is 0.500 bits per heavy atom. The molecule has 0 aromatic carbocycles. The van der Waals surface area contributed by atoms with Gasteiger partial charge < -0.3 is 20.1 Å². The highest BCUT2D eigenvalue weighted by molar-refractivity contribution is 7.47. The molecule has 3 N–H and O–H groups in total. The van der Waals surface area contributed by atoms with Crippen LogP contribution in [-0.2, 0) is 27.9 Å². The van der Waals surface area contributed by atoms with Gasteiger partial charge in [-0.3, -0.25) is 13.8 Å². The summed E-state index contributed by atoms with van der Waals surface area (Å²) in [4.78, 5) is 22.5. The first kappa shape index (κ1) is 57.2. The van der Waals surface area contributed by atoms with E-state index in [9.17, 15) is 14.3 Å². The third kappa shape index (κ3) is 46.3. The maximum absolute atomic E-state index is 12.6. The van der Waals surface area contributed by atoms with Crippen molar-refractivity contribution in [3.8, 4) is 0 Å². The van der Waals surface area contributed by atoms with Gasteiger partial charge in [-0.1, -0.05) is 225 Å². The van der Waals surface area contributed by atoms with Crippen molar-refractivity contribution >= 4 is 13.8 Å². The highest BCUT2D eigenvalue weighted by Gasteiger charge is 2.25. The van der Waals surface area contributed by atoms with Crippen LogP contribution in [0, 0.1) is 0 Å². The molecule has 8 nitrogen and oxygen atoms in total. The van der Waals surface area contributed by atoms with Crippen molar-refractivity contribution in [1.29, 1.82) is 0 Å². The number of hydrogen-bond donors (Lipinski definition) is 2. The van der Waals surface area contributed by atoms with Gasteiger partial charge in [0.05, 0.1) is 19.8 Å². The third-order valence-electron chi connectivity index (χ3n) is 11.2. The molecular formula is C49H98NO7P. The van der Waals surface area contributed by atoms with E-state index < -0.39 is 13.9 Å². The molecule has 0 rings (SSSR count). The molecule has 0 spiro atoms. The number of phosphoric acid groups is 1. The van der Waals surface area contributed by atoms with E-state index >= 15 is 0 Å². The standard InChI is InChI=1S/C49H98NO7P/c1-3-5-7-9-11-13-15-17-19-20-21-22-23-24-25-26-27-29-31-33-35-37-39-41-44-54-46-48(47-56-58(52,53)55-45-43-50)57-49(51)42-40-38-36-34-32-30-28-18-16-14-12-10-8-6-4-2/h18,28,48H,3-17,19-27,29-47,50H2,1-2H3,(H,52,53)/b28-18-. The molecule has 58 heavy (non-hydrogen) atoms. The fourth-order valence-corrected chi connectivity index (χ4v) is 8.23. The lowest BCUT2D eigenvalue weighted by molar-refractivity contribution is -0.154. The van der Waals surface area contributed by atoms with E-state index in [4.69, 9.17) is 24.3 Å². The van der Waals surface area contributed by atoms with Gasteiger partial charge in [0.15, 0.2) is 0 Å². The van der Waals surface area contributed by atoms with Gasteiger partial charge in [-0.05, 0) is 38.5 Å². The number of allylic oxidation sites excluding steroid dienone is 2. The maximum atomic E-state index is 12.6. The largest absolute Gasteiger partial charge is 0.472 e. The number of rotatable bonds is 49. The molecule has 0 heterocycles. The molecule has 0 bridgehead atoms. The van der Waals surface area contributed by atoms with Crippen LogP contribution in [0.1, 0.15) is 258 Å². The van der Waals surface area contributed by atoms with Gasteiger partial charge in [0.1, 0.15) is 6.10 Å². The summed E-state index contributed by atoms with van der Waals surface area (Å²) in [5, 5.41) is 0. The van der Waals surface area contributed by atoms with E-state index in [0.29, 0.717) is 13.0 Å². The van der Waals surface area contributed by atoms with E-state index in [0.717, 1.165) is 44.9 Å². The van der Waals surface area contributed by atoms with Gasteiger partial charge in [-0.25, -0.2) is 4.57 Å². The Balaban J connectivity index is 3.87. The number of unbranched alkanes of at least 4 members (excludes halogenated alkanes) is 34. The van der Waals surface area contributed by atoms with Gasteiger partial charge in [0, 0.05) is 19.6 Å². The summed E-state index contributed by atoms with van der Waals surface area (Å²) >= 11 is 0. The second kappa shape index (κ2) is 47.3. The minimum atomic E-state index is -4.28. The molecule has 0 aromatic rings. The van der Waals surface area contributed by atoms with Gasteiger partial charge in [-0.15, -0.1) is 0 Å². The Bertz CT molecular complexity index is 904. The molecular weight excluding hydrogens is 746 g/mol. The second-order valence-corrected chi connectivity index (χ2v) is 18.5. The summed E-state index contributed by atoms with van der Waals surface area (Å²) in [6.45, 7) is 4.97. The minimum absolute atomic E-state index is 0.0935. The SMILES string of the molecule is CCCCCCCC/C=C\CCCCCCCC(=O)OC(COCCCCCCCCCCCCCCCCCCCCCCCCCC)COP(=O)(O)OCCN. The minimum Gasteiger partial charge on any atom is -0.457 e. The van der Waals surface area contributed by atoms with Gasteiger partial charge in [0.2, 0.25) is 0 Å². The summed E-state index contributed by atoms with van der Waals surface area (Å²) in [6, 6.07) is 0. The number of hydrogen-bond acceptors (Lipinski definition) is 7. The van der Waals surface area contributed by atoms with E-state index in [1.54, 1.807) is 0 Å². The second-order valence-electron chi connectivity index (χ2n) is 17.0. The van der Waals surface area contributed by atoms with E-state index in [1.807, 2.05) is 0 Å². The quantitative estimate of drug-likeness (QED) is 0.0269. The fourth-order valence-electron chi connectivity index (χ4n) is 7.46. The van der Waals surface area contributed by atoms with Gasteiger partial charge >= 0.3 is 13.8 Å². The fraction of sp³-hybridized carbons (Fsp3) is 0.939. The Morgan fingerprint density at radius 3 is 1.26 bits per heavy atom.